The second-order valence-electron chi connectivity index (χ2n) is 11.6. The number of rotatable bonds is 9. The van der Waals surface area contributed by atoms with Crippen molar-refractivity contribution in [1.82, 2.24) is 19.9 Å². The second kappa shape index (κ2) is 10.2. The summed E-state index contributed by atoms with van der Waals surface area (Å²) in [5.41, 5.74) is 3.45. The Hall–Kier alpha value is -2.41. The Morgan fingerprint density at radius 3 is 2.51 bits per heavy atom. The number of aliphatic hydroxyl groups is 2. The van der Waals surface area contributed by atoms with Crippen LogP contribution in [0, 0.1) is 12.8 Å². The zero-order chi connectivity index (χ0) is 27.5. The van der Waals surface area contributed by atoms with Gasteiger partial charge in [0.25, 0.3) is 0 Å². The molecule has 4 N–H and O–H groups in total. The molecule has 39 heavy (non-hydrogen) atoms. The van der Waals surface area contributed by atoms with Gasteiger partial charge in [-0.2, -0.15) is 4.98 Å². The molecule has 3 aromatic heterocycles. The molecule has 0 radical (unpaired) electrons. The van der Waals surface area contributed by atoms with Crippen molar-refractivity contribution >= 4 is 43.2 Å². The van der Waals surface area contributed by atoms with E-state index in [-0.39, 0.29) is 5.75 Å². The number of aliphatic hydroxyl groups excluding tert-OH is 2. The van der Waals surface area contributed by atoms with Gasteiger partial charge in [-0.1, -0.05) is 0 Å². The van der Waals surface area contributed by atoms with Crippen LogP contribution in [0.25, 0.3) is 20.8 Å². The summed E-state index contributed by atoms with van der Waals surface area (Å²) in [4.78, 5) is 19.2. The van der Waals surface area contributed by atoms with E-state index < -0.39 is 39.3 Å². The highest BCUT2D eigenvalue weighted by molar-refractivity contribution is 7.91. The van der Waals surface area contributed by atoms with Crippen LogP contribution in [0.3, 0.4) is 0 Å². The van der Waals surface area contributed by atoms with Crippen molar-refractivity contribution in [3.63, 3.8) is 0 Å². The summed E-state index contributed by atoms with van der Waals surface area (Å²) in [6, 6.07) is 1.74. The minimum atomic E-state index is -3.38. The van der Waals surface area contributed by atoms with Gasteiger partial charge < -0.3 is 20.8 Å². The van der Waals surface area contributed by atoms with Gasteiger partial charge in [0.1, 0.15) is 22.4 Å². The maximum absolute atomic E-state index is 12.6. The number of aromatic nitrogens is 4. The van der Waals surface area contributed by atoms with Crippen molar-refractivity contribution < 1.29 is 18.6 Å². The Bertz CT molecular complexity index is 1480. The van der Waals surface area contributed by atoms with Crippen molar-refractivity contribution in [2.45, 2.75) is 94.8 Å². The molecule has 210 valence electrons. The predicted molar refractivity (Wildman–Crippen MR) is 153 cm³/mol. The van der Waals surface area contributed by atoms with Crippen molar-refractivity contribution in [3.05, 3.63) is 23.7 Å². The molecule has 3 aromatic rings. The van der Waals surface area contributed by atoms with Crippen molar-refractivity contribution in [1.29, 1.82) is 0 Å². The van der Waals surface area contributed by atoms with E-state index in [0.717, 1.165) is 57.9 Å². The first-order valence-corrected chi connectivity index (χ1v) is 16.4. The third-order valence-corrected chi connectivity index (χ3v) is 11.7. The Kier molecular flexibility index (Phi) is 7.01. The topological polar surface area (TPSA) is 150 Å². The first-order valence-electron chi connectivity index (χ1n) is 13.9. The molecule has 0 saturated heterocycles. The monoisotopic (exact) mass is 572 g/mol. The molecule has 10 nitrogen and oxygen atoms in total. The van der Waals surface area contributed by atoms with Crippen LogP contribution >= 0.6 is 11.3 Å². The lowest BCUT2D eigenvalue weighted by atomic mass is 9.93. The molecule has 6 rings (SSSR count). The molecule has 12 heteroatoms. The first kappa shape index (κ1) is 26.8. The van der Waals surface area contributed by atoms with E-state index in [4.69, 9.17) is 15.0 Å². The average molecular weight is 573 g/mol. The highest BCUT2D eigenvalue weighted by Gasteiger charge is 2.44. The lowest BCUT2D eigenvalue weighted by molar-refractivity contribution is 0.0216. The fraction of sp³-hybridized carbons (Fsp3) is 0.630. The maximum atomic E-state index is 12.6. The van der Waals surface area contributed by atoms with Gasteiger partial charge in [-0.15, -0.1) is 11.3 Å². The average Bonchev–Trinajstić information content (AvgIpc) is 3.56. The van der Waals surface area contributed by atoms with Crippen molar-refractivity contribution in [2.75, 3.05) is 16.4 Å². The fourth-order valence-electron chi connectivity index (χ4n) is 5.47. The van der Waals surface area contributed by atoms with Gasteiger partial charge in [0.15, 0.2) is 9.84 Å². The minimum absolute atomic E-state index is 0.167. The number of fused-ring (bicyclic) bond motifs is 1. The summed E-state index contributed by atoms with van der Waals surface area (Å²) in [6.07, 6.45) is 5.44. The highest BCUT2D eigenvalue weighted by Crippen LogP contribution is 2.44. The van der Waals surface area contributed by atoms with E-state index in [1.54, 1.807) is 25.2 Å². The minimum Gasteiger partial charge on any atom is -0.390 e. The van der Waals surface area contributed by atoms with Crippen LogP contribution in [0.4, 0.5) is 11.8 Å². The number of hydrogen-bond acceptors (Lipinski definition) is 11. The molecule has 3 saturated carbocycles. The number of aryl methyl sites for hydroxylation is 1. The van der Waals surface area contributed by atoms with Gasteiger partial charge in [0, 0.05) is 24.1 Å². The molecule has 3 aliphatic rings. The molecular formula is C27H36N6O4S2. The summed E-state index contributed by atoms with van der Waals surface area (Å²) in [6.45, 7) is 5.20. The number of thiazole rings is 1. The summed E-state index contributed by atoms with van der Waals surface area (Å²) >= 11 is 1.56. The van der Waals surface area contributed by atoms with Gasteiger partial charge in [0.2, 0.25) is 5.95 Å². The molecule has 0 aromatic carbocycles. The summed E-state index contributed by atoms with van der Waals surface area (Å²) in [5.74, 6) is 0.755. The Morgan fingerprint density at radius 2 is 1.85 bits per heavy atom. The zero-order valence-corrected chi connectivity index (χ0v) is 24.1. The lowest BCUT2D eigenvalue weighted by Gasteiger charge is -2.27. The summed E-state index contributed by atoms with van der Waals surface area (Å²) in [5, 5.41) is 28.7. The van der Waals surface area contributed by atoms with Crippen LogP contribution in [0.1, 0.15) is 69.7 Å². The normalized spacial score (nSPS) is 25.8. The van der Waals surface area contributed by atoms with Crippen LogP contribution in [-0.4, -0.2) is 73.9 Å². The van der Waals surface area contributed by atoms with E-state index in [0.29, 0.717) is 30.1 Å². The van der Waals surface area contributed by atoms with Crippen LogP contribution < -0.4 is 10.6 Å². The summed E-state index contributed by atoms with van der Waals surface area (Å²) in [7, 11) is -3.38. The van der Waals surface area contributed by atoms with E-state index in [1.165, 1.54) is 6.42 Å². The Balaban J connectivity index is 1.35. The van der Waals surface area contributed by atoms with Gasteiger partial charge >= 0.3 is 0 Å². The molecule has 0 aliphatic heterocycles. The second-order valence-corrected chi connectivity index (χ2v) is 15.2. The van der Waals surface area contributed by atoms with Crippen molar-refractivity contribution in [2.24, 2.45) is 5.92 Å². The maximum Gasteiger partial charge on any atom is 0.225 e. The van der Waals surface area contributed by atoms with Gasteiger partial charge in [0.05, 0.1) is 44.8 Å². The molecule has 0 unspecified atom stereocenters. The number of pyridine rings is 1. The molecule has 0 amide bonds. The van der Waals surface area contributed by atoms with Gasteiger partial charge in [-0.05, 0) is 65.4 Å². The highest BCUT2D eigenvalue weighted by atomic mass is 32.2. The molecule has 3 heterocycles. The molecule has 3 fully saturated rings. The SMILES string of the molecule is Cc1nc(NC2CCC2)nc(N[C@@H]2C[C@H](CS(=O)(=O)C(C)C)[C@@H](O)[C@H]2O)c1-c1nc2c(C3CC3)nccc2s1. The zero-order valence-electron chi connectivity index (χ0n) is 22.5. The Morgan fingerprint density at radius 1 is 1.08 bits per heavy atom. The number of nitrogens with zero attached hydrogens (tertiary/aromatic N) is 4. The van der Waals surface area contributed by atoms with Gasteiger partial charge in [-0.25, -0.2) is 18.4 Å². The smallest absolute Gasteiger partial charge is 0.225 e. The number of hydrogen-bond donors (Lipinski definition) is 4. The lowest BCUT2D eigenvalue weighted by Crippen LogP contribution is -2.36. The first-order chi connectivity index (χ1) is 18.6. The third kappa shape index (κ3) is 5.23. The number of sulfone groups is 1. The van der Waals surface area contributed by atoms with E-state index in [2.05, 4.69) is 15.6 Å². The van der Waals surface area contributed by atoms with E-state index in [1.807, 2.05) is 19.2 Å². The Labute approximate surface area is 232 Å². The fourth-order valence-corrected chi connectivity index (χ4v) is 7.85. The van der Waals surface area contributed by atoms with E-state index in [9.17, 15) is 18.6 Å². The third-order valence-electron chi connectivity index (χ3n) is 8.33. The molecule has 3 aliphatic carbocycles. The van der Waals surface area contributed by atoms with Gasteiger partial charge in [-0.3, -0.25) is 4.98 Å². The summed E-state index contributed by atoms with van der Waals surface area (Å²) < 4.78 is 26.2. The van der Waals surface area contributed by atoms with Crippen LogP contribution in [0.2, 0.25) is 0 Å². The number of anilines is 2. The van der Waals surface area contributed by atoms with Crippen molar-refractivity contribution in [3.8, 4) is 10.6 Å². The van der Waals surface area contributed by atoms with E-state index >= 15 is 0 Å². The molecule has 4 atom stereocenters. The molecule has 0 bridgehead atoms. The van der Waals surface area contributed by atoms with Crippen LogP contribution in [-0.2, 0) is 9.84 Å². The van der Waals surface area contributed by atoms with Crippen LogP contribution in [0.15, 0.2) is 12.3 Å². The molecule has 0 spiro atoms. The molecular weight excluding hydrogens is 536 g/mol. The quantitative estimate of drug-likeness (QED) is 0.299. The predicted octanol–water partition coefficient (Wildman–Crippen LogP) is 3.64. The van der Waals surface area contributed by atoms with Crippen LogP contribution in [0.5, 0.6) is 0 Å². The standard InChI is InChI=1S/C27H36N6O4S2/c1-13(2)39(36,37)12-16-11-18(24(35)23(16)34)31-25-20(14(3)29-27(33-25)30-17-5-4-6-17)26-32-22-19(38-26)9-10-28-21(22)15-7-8-15/h9-10,13,15-18,23-24,34-35H,4-8,11-12H2,1-3H3,(H2,29,30,31,33)/t16-,18-,23-,24+/m1/s1. The largest absolute Gasteiger partial charge is 0.390 e. The number of nitrogens with one attached hydrogen (secondary N) is 2.